The second kappa shape index (κ2) is 7.99. The largest absolute Gasteiger partial charge is 0.381 e. The van der Waals surface area contributed by atoms with Gasteiger partial charge in [-0.3, -0.25) is 0 Å². The van der Waals surface area contributed by atoms with Gasteiger partial charge in [0.2, 0.25) is 0 Å². The molecule has 0 spiro atoms. The number of anilines is 1. The average Bonchev–Trinajstić information content (AvgIpc) is 3.00. The highest BCUT2D eigenvalue weighted by molar-refractivity contribution is 5.74. The maximum atomic E-state index is 12.3. The third-order valence-electron chi connectivity index (χ3n) is 4.98. The highest BCUT2D eigenvalue weighted by Crippen LogP contribution is 2.23. The Kier molecular flexibility index (Phi) is 5.73. The first kappa shape index (κ1) is 17.9. The molecule has 2 amide bonds. The van der Waals surface area contributed by atoms with Gasteiger partial charge >= 0.3 is 6.03 Å². The van der Waals surface area contributed by atoms with E-state index >= 15 is 0 Å². The highest BCUT2D eigenvalue weighted by Gasteiger charge is 2.23. The quantitative estimate of drug-likeness (QED) is 0.898. The topological polar surface area (TPSA) is 70.6 Å². The number of hydrogen-bond donors (Lipinski definition) is 1. The van der Waals surface area contributed by atoms with Crippen LogP contribution in [0.3, 0.4) is 0 Å². The molecule has 1 N–H and O–H groups in total. The van der Waals surface area contributed by atoms with Crippen LogP contribution < -0.4 is 5.32 Å². The number of nitrogens with zero attached hydrogens (tertiary/aromatic N) is 4. The zero-order valence-corrected chi connectivity index (χ0v) is 15.5. The number of ether oxygens (including phenoxy) is 1. The van der Waals surface area contributed by atoms with Crippen molar-refractivity contribution >= 4 is 11.8 Å². The van der Waals surface area contributed by atoms with Gasteiger partial charge in [-0.25, -0.2) is 14.8 Å². The lowest BCUT2D eigenvalue weighted by molar-refractivity contribution is 0.173. The molecule has 7 heteroatoms. The average molecular weight is 347 g/mol. The van der Waals surface area contributed by atoms with Gasteiger partial charge in [-0.1, -0.05) is 0 Å². The summed E-state index contributed by atoms with van der Waals surface area (Å²) in [6.07, 6.45) is 3.83. The Balaban J connectivity index is 1.67. The van der Waals surface area contributed by atoms with Crippen LogP contribution in [0.5, 0.6) is 0 Å². The molecule has 0 radical (unpaired) electrons. The minimum Gasteiger partial charge on any atom is -0.381 e. The smallest absolute Gasteiger partial charge is 0.319 e. The molecule has 2 aliphatic rings. The molecule has 0 saturated carbocycles. The second-order valence-corrected chi connectivity index (χ2v) is 7.15. The van der Waals surface area contributed by atoms with Gasteiger partial charge in [-0.15, -0.1) is 0 Å². The summed E-state index contributed by atoms with van der Waals surface area (Å²) in [7, 11) is 3.59. The molecule has 2 aliphatic heterocycles. The van der Waals surface area contributed by atoms with Crippen LogP contribution in [0.25, 0.3) is 0 Å². The van der Waals surface area contributed by atoms with Gasteiger partial charge in [0.15, 0.2) is 0 Å². The minimum absolute atomic E-state index is 0.0632. The van der Waals surface area contributed by atoms with E-state index < -0.39 is 0 Å². The molecular formula is C18H29N5O2. The van der Waals surface area contributed by atoms with E-state index in [0.29, 0.717) is 19.0 Å². The van der Waals surface area contributed by atoms with Crippen LogP contribution in [0.1, 0.15) is 29.9 Å². The van der Waals surface area contributed by atoms with Gasteiger partial charge in [-0.05, 0) is 32.1 Å². The van der Waals surface area contributed by atoms with Crippen LogP contribution in [-0.4, -0.2) is 72.7 Å². The summed E-state index contributed by atoms with van der Waals surface area (Å²) in [5.74, 6) is 2.39. The SMILES string of the molecule is Cc1nc2c(c(NCCC3CCOC3)n1)CCN(C(=O)N(C)C)CC2. The number of aryl methyl sites for hydroxylation is 1. The number of fused-ring (bicyclic) bond motifs is 1. The van der Waals surface area contributed by atoms with Crippen LogP contribution in [0.15, 0.2) is 0 Å². The Morgan fingerprint density at radius 1 is 1.32 bits per heavy atom. The maximum absolute atomic E-state index is 12.3. The first-order chi connectivity index (χ1) is 12.0. The van der Waals surface area contributed by atoms with E-state index in [9.17, 15) is 4.79 Å². The van der Waals surface area contributed by atoms with Gasteiger partial charge < -0.3 is 19.9 Å². The van der Waals surface area contributed by atoms with E-state index in [1.165, 1.54) is 5.56 Å². The molecule has 1 aromatic heterocycles. The molecule has 1 unspecified atom stereocenters. The summed E-state index contributed by atoms with van der Waals surface area (Å²) in [6, 6.07) is 0.0632. The molecule has 3 heterocycles. The van der Waals surface area contributed by atoms with Crippen molar-refractivity contribution in [3.05, 3.63) is 17.1 Å². The van der Waals surface area contributed by atoms with Gasteiger partial charge in [-0.2, -0.15) is 0 Å². The van der Waals surface area contributed by atoms with E-state index in [-0.39, 0.29) is 6.03 Å². The molecular weight excluding hydrogens is 318 g/mol. The lowest BCUT2D eigenvalue weighted by Gasteiger charge is -2.24. The van der Waals surface area contributed by atoms with E-state index in [2.05, 4.69) is 15.3 Å². The zero-order valence-electron chi connectivity index (χ0n) is 15.5. The van der Waals surface area contributed by atoms with Crippen molar-refractivity contribution in [1.29, 1.82) is 0 Å². The number of rotatable bonds is 4. The summed E-state index contributed by atoms with van der Waals surface area (Å²) >= 11 is 0. The molecule has 25 heavy (non-hydrogen) atoms. The van der Waals surface area contributed by atoms with Crippen LogP contribution in [0, 0.1) is 12.8 Å². The number of nitrogens with one attached hydrogen (secondary N) is 1. The second-order valence-electron chi connectivity index (χ2n) is 7.15. The number of hydrogen-bond acceptors (Lipinski definition) is 5. The fraction of sp³-hybridized carbons (Fsp3) is 0.722. The number of carbonyl (C=O) groups excluding carboxylic acids is 1. The van der Waals surface area contributed by atoms with Crippen molar-refractivity contribution in [1.82, 2.24) is 19.8 Å². The minimum atomic E-state index is 0.0632. The molecule has 1 fully saturated rings. The summed E-state index contributed by atoms with van der Waals surface area (Å²) in [6.45, 7) is 6.02. The van der Waals surface area contributed by atoms with Gasteiger partial charge in [0.05, 0.1) is 5.69 Å². The fourth-order valence-electron chi connectivity index (χ4n) is 3.55. The molecule has 7 nitrogen and oxygen atoms in total. The fourth-order valence-corrected chi connectivity index (χ4v) is 3.55. The van der Waals surface area contributed by atoms with Gasteiger partial charge in [0, 0.05) is 58.9 Å². The Labute approximate surface area is 149 Å². The van der Waals surface area contributed by atoms with E-state index in [4.69, 9.17) is 4.74 Å². The molecule has 1 atom stereocenters. The zero-order chi connectivity index (χ0) is 17.8. The van der Waals surface area contributed by atoms with Crippen LogP contribution in [0.2, 0.25) is 0 Å². The molecule has 0 aromatic carbocycles. The molecule has 0 bridgehead atoms. The third kappa shape index (κ3) is 4.39. The number of carbonyl (C=O) groups is 1. The molecule has 138 valence electrons. The van der Waals surface area contributed by atoms with Crippen molar-refractivity contribution in [2.75, 3.05) is 52.3 Å². The van der Waals surface area contributed by atoms with E-state index in [1.54, 1.807) is 19.0 Å². The van der Waals surface area contributed by atoms with Crippen molar-refractivity contribution in [3.63, 3.8) is 0 Å². The normalized spacial score (nSPS) is 20.1. The van der Waals surface area contributed by atoms with Crippen molar-refractivity contribution in [2.45, 2.75) is 32.6 Å². The molecule has 0 aliphatic carbocycles. The van der Waals surface area contributed by atoms with E-state index in [0.717, 1.165) is 62.8 Å². The Hall–Kier alpha value is -1.89. The monoisotopic (exact) mass is 347 g/mol. The van der Waals surface area contributed by atoms with Crippen molar-refractivity contribution < 1.29 is 9.53 Å². The van der Waals surface area contributed by atoms with Crippen molar-refractivity contribution in [3.8, 4) is 0 Å². The van der Waals surface area contributed by atoms with Crippen LogP contribution >= 0.6 is 0 Å². The Morgan fingerprint density at radius 3 is 2.84 bits per heavy atom. The molecule has 1 saturated heterocycles. The highest BCUT2D eigenvalue weighted by atomic mass is 16.5. The molecule has 3 rings (SSSR count). The number of aromatic nitrogens is 2. The first-order valence-corrected chi connectivity index (χ1v) is 9.19. The predicted octanol–water partition coefficient (Wildman–Crippen LogP) is 1.71. The maximum Gasteiger partial charge on any atom is 0.319 e. The van der Waals surface area contributed by atoms with Gasteiger partial charge in [0.1, 0.15) is 11.6 Å². The summed E-state index contributed by atoms with van der Waals surface area (Å²) < 4.78 is 5.44. The van der Waals surface area contributed by atoms with Crippen LogP contribution in [0.4, 0.5) is 10.6 Å². The summed E-state index contributed by atoms with van der Waals surface area (Å²) in [5.41, 5.74) is 2.25. The lowest BCUT2D eigenvalue weighted by Crippen LogP contribution is -2.40. The summed E-state index contributed by atoms with van der Waals surface area (Å²) in [4.78, 5) is 25.1. The Bertz CT molecular complexity index is 614. The first-order valence-electron chi connectivity index (χ1n) is 9.19. The van der Waals surface area contributed by atoms with Crippen molar-refractivity contribution in [2.24, 2.45) is 5.92 Å². The number of amides is 2. The van der Waals surface area contributed by atoms with Crippen LogP contribution in [-0.2, 0) is 17.6 Å². The lowest BCUT2D eigenvalue weighted by atomic mass is 10.1. The van der Waals surface area contributed by atoms with Gasteiger partial charge in [0.25, 0.3) is 0 Å². The Morgan fingerprint density at radius 2 is 2.12 bits per heavy atom. The summed E-state index contributed by atoms with van der Waals surface area (Å²) in [5, 5.41) is 3.51. The number of urea groups is 1. The third-order valence-corrected chi connectivity index (χ3v) is 4.98. The predicted molar refractivity (Wildman–Crippen MR) is 96.9 cm³/mol. The van der Waals surface area contributed by atoms with E-state index in [1.807, 2.05) is 11.8 Å². The molecule has 1 aromatic rings. The standard InChI is InChI=1S/C18H29N5O2/c1-13-20-16-6-10-23(18(24)22(2)3)9-5-15(16)17(21-13)19-8-4-14-7-11-25-12-14/h14H,4-12H2,1-3H3,(H,19,20,21).